The van der Waals surface area contributed by atoms with E-state index in [9.17, 15) is 9.90 Å². The van der Waals surface area contributed by atoms with Gasteiger partial charge in [-0.15, -0.1) is 22.7 Å². The minimum absolute atomic E-state index is 0.0897. The average molecular weight is 457 g/mol. The van der Waals surface area contributed by atoms with Crippen LogP contribution in [0, 0.1) is 13.8 Å². The van der Waals surface area contributed by atoms with Gasteiger partial charge in [-0.1, -0.05) is 26.8 Å². The monoisotopic (exact) mass is 456 g/mol. The van der Waals surface area contributed by atoms with Gasteiger partial charge >= 0.3 is 5.69 Å². The van der Waals surface area contributed by atoms with Crippen molar-refractivity contribution in [3.63, 3.8) is 0 Å². The van der Waals surface area contributed by atoms with Crippen LogP contribution in [0.5, 0.6) is 0 Å². The molecule has 0 spiro atoms. The van der Waals surface area contributed by atoms with Crippen molar-refractivity contribution in [3.05, 3.63) is 66.2 Å². The molecule has 0 aromatic carbocycles. The topological polar surface area (TPSA) is 71.2 Å². The lowest BCUT2D eigenvalue weighted by Crippen LogP contribution is -2.40. The Balaban J connectivity index is 1.54. The summed E-state index contributed by atoms with van der Waals surface area (Å²) in [5.74, 6) is 0.995. The number of aliphatic hydroxyl groups is 1. The fraction of sp³-hybridized carbons (Fsp3) is 0.435. The van der Waals surface area contributed by atoms with Gasteiger partial charge in [0, 0.05) is 21.2 Å². The van der Waals surface area contributed by atoms with E-state index in [1.165, 1.54) is 9.75 Å². The number of aromatic nitrogens is 3. The highest BCUT2D eigenvalue weighted by Crippen LogP contribution is 2.30. The Morgan fingerprint density at radius 1 is 1.23 bits per heavy atom. The summed E-state index contributed by atoms with van der Waals surface area (Å²) in [5.41, 5.74) is 1.77. The van der Waals surface area contributed by atoms with Crippen molar-refractivity contribution < 1.29 is 5.11 Å². The zero-order valence-electron chi connectivity index (χ0n) is 18.5. The second-order valence-electron chi connectivity index (χ2n) is 8.98. The summed E-state index contributed by atoms with van der Waals surface area (Å²) in [5, 5.41) is 12.7. The minimum atomic E-state index is -0.643. The molecule has 4 rings (SSSR count). The molecule has 1 aliphatic rings. The van der Waals surface area contributed by atoms with E-state index in [1.54, 1.807) is 27.2 Å². The van der Waals surface area contributed by atoms with Crippen LogP contribution in [0.4, 0.5) is 5.95 Å². The van der Waals surface area contributed by atoms with E-state index in [2.05, 4.69) is 61.2 Å². The number of aryl methyl sites for hydroxylation is 2. The summed E-state index contributed by atoms with van der Waals surface area (Å²) in [6.45, 7) is 11.8. The molecule has 31 heavy (non-hydrogen) atoms. The molecule has 0 saturated heterocycles. The molecule has 1 aliphatic heterocycles. The molecule has 3 aromatic heterocycles. The van der Waals surface area contributed by atoms with Gasteiger partial charge in [0.15, 0.2) is 0 Å². The molecular formula is C23H28N4O2S2. The number of thiophene rings is 2. The van der Waals surface area contributed by atoms with Crippen LogP contribution in [-0.2, 0) is 12.0 Å². The van der Waals surface area contributed by atoms with E-state index in [0.29, 0.717) is 31.4 Å². The molecule has 0 aliphatic carbocycles. The molecule has 4 heterocycles. The number of rotatable bonds is 4. The van der Waals surface area contributed by atoms with E-state index in [1.807, 2.05) is 17.9 Å². The molecule has 1 atom stereocenters. The molecule has 6 nitrogen and oxygen atoms in total. The van der Waals surface area contributed by atoms with Crippen molar-refractivity contribution >= 4 is 34.2 Å². The number of β-amino-alcohol motifs (C(OH)–C–C–N with tert-alkyl or cyclic N) is 1. The summed E-state index contributed by atoms with van der Waals surface area (Å²) < 4.78 is 1.61. The molecule has 164 valence electrons. The SMILES string of the molecule is Cc1cc(C2=CCN(c3nc(C)n(Cc4ccc(C(C)(C)C)s4)c(=O)n3)C[C@@H]2O)cs1. The molecular weight excluding hydrogens is 428 g/mol. The Labute approximate surface area is 190 Å². The van der Waals surface area contributed by atoms with Gasteiger partial charge in [0.05, 0.1) is 19.2 Å². The van der Waals surface area contributed by atoms with E-state index >= 15 is 0 Å². The van der Waals surface area contributed by atoms with Crippen LogP contribution in [0.2, 0.25) is 0 Å². The van der Waals surface area contributed by atoms with E-state index < -0.39 is 6.10 Å². The lowest BCUT2D eigenvalue weighted by molar-refractivity contribution is 0.233. The second-order valence-corrected chi connectivity index (χ2v) is 11.3. The van der Waals surface area contributed by atoms with Crippen molar-refractivity contribution in [3.8, 4) is 0 Å². The normalized spacial score (nSPS) is 17.2. The van der Waals surface area contributed by atoms with Crippen LogP contribution >= 0.6 is 22.7 Å². The van der Waals surface area contributed by atoms with Gasteiger partial charge in [-0.2, -0.15) is 9.97 Å². The van der Waals surface area contributed by atoms with Crippen LogP contribution in [-0.4, -0.2) is 38.8 Å². The molecule has 8 heteroatoms. The van der Waals surface area contributed by atoms with E-state index in [4.69, 9.17) is 0 Å². The van der Waals surface area contributed by atoms with Gasteiger partial charge in [0.1, 0.15) is 5.82 Å². The standard InChI is InChI=1S/C23H28N4O2S2/c1-14-10-16(13-30-14)18-8-9-26(12-19(18)28)21-24-15(2)27(22(29)25-21)11-17-6-7-20(31-17)23(3,4)5/h6-8,10,13,19,28H,9,11-12H2,1-5H3/t19-/m0/s1. The minimum Gasteiger partial charge on any atom is -0.387 e. The third kappa shape index (κ3) is 4.66. The molecule has 0 bridgehead atoms. The highest BCUT2D eigenvalue weighted by Gasteiger charge is 2.25. The van der Waals surface area contributed by atoms with Crippen LogP contribution in [0.1, 0.15) is 46.8 Å². The Bertz CT molecular complexity index is 1180. The van der Waals surface area contributed by atoms with Gasteiger partial charge < -0.3 is 10.0 Å². The maximum absolute atomic E-state index is 12.8. The number of nitrogens with zero attached hydrogens (tertiary/aromatic N) is 4. The quantitative estimate of drug-likeness (QED) is 0.643. The molecule has 0 amide bonds. The number of hydrogen-bond acceptors (Lipinski definition) is 7. The smallest absolute Gasteiger partial charge is 0.352 e. The Kier molecular flexibility index (Phi) is 5.89. The summed E-state index contributed by atoms with van der Waals surface area (Å²) >= 11 is 3.39. The van der Waals surface area contributed by atoms with Gasteiger partial charge in [-0.05, 0) is 54.0 Å². The van der Waals surface area contributed by atoms with Crippen molar-refractivity contribution in [1.29, 1.82) is 0 Å². The molecule has 1 N–H and O–H groups in total. The largest absolute Gasteiger partial charge is 0.387 e. The molecule has 0 radical (unpaired) electrons. The maximum Gasteiger partial charge on any atom is 0.352 e. The summed E-state index contributed by atoms with van der Waals surface area (Å²) in [6.07, 6.45) is 1.36. The second kappa shape index (κ2) is 8.33. The van der Waals surface area contributed by atoms with Crippen molar-refractivity contribution in [2.24, 2.45) is 0 Å². The first-order chi connectivity index (χ1) is 14.6. The van der Waals surface area contributed by atoms with E-state index in [0.717, 1.165) is 16.0 Å². The van der Waals surface area contributed by atoms with E-state index in [-0.39, 0.29) is 11.1 Å². The highest BCUT2D eigenvalue weighted by molar-refractivity contribution is 7.12. The molecule has 0 unspecified atom stereocenters. The molecule has 0 fully saturated rings. The molecule has 3 aromatic rings. The van der Waals surface area contributed by atoms with Crippen molar-refractivity contribution in [2.75, 3.05) is 18.0 Å². The van der Waals surface area contributed by atoms with Crippen molar-refractivity contribution in [2.45, 2.75) is 52.7 Å². The summed E-state index contributed by atoms with van der Waals surface area (Å²) in [6, 6.07) is 6.29. The van der Waals surface area contributed by atoms with Gasteiger partial charge in [0.25, 0.3) is 0 Å². The van der Waals surface area contributed by atoms with Gasteiger partial charge in [0.2, 0.25) is 5.95 Å². The zero-order valence-corrected chi connectivity index (χ0v) is 20.2. The third-order valence-electron chi connectivity index (χ3n) is 5.42. The van der Waals surface area contributed by atoms with Crippen LogP contribution in [0.15, 0.2) is 34.4 Å². The van der Waals surface area contributed by atoms with Gasteiger partial charge in [-0.3, -0.25) is 4.57 Å². The highest BCUT2D eigenvalue weighted by atomic mass is 32.1. The molecule has 0 saturated carbocycles. The summed E-state index contributed by atoms with van der Waals surface area (Å²) in [7, 11) is 0. The Hall–Kier alpha value is -2.29. The average Bonchev–Trinajstić information content (AvgIpc) is 3.33. The Morgan fingerprint density at radius 2 is 2.00 bits per heavy atom. The van der Waals surface area contributed by atoms with Crippen molar-refractivity contribution in [1.82, 2.24) is 14.5 Å². The lowest BCUT2D eigenvalue weighted by Gasteiger charge is -2.30. The fourth-order valence-corrected chi connectivity index (χ4v) is 5.42. The summed E-state index contributed by atoms with van der Waals surface area (Å²) in [4.78, 5) is 27.1. The predicted molar refractivity (Wildman–Crippen MR) is 128 cm³/mol. The Morgan fingerprint density at radius 3 is 2.58 bits per heavy atom. The first-order valence-electron chi connectivity index (χ1n) is 10.3. The first-order valence-corrected chi connectivity index (χ1v) is 12.0. The predicted octanol–water partition coefficient (Wildman–Crippen LogP) is 3.99. The maximum atomic E-state index is 12.8. The van der Waals surface area contributed by atoms with Gasteiger partial charge in [-0.25, -0.2) is 4.79 Å². The fourth-order valence-electron chi connectivity index (χ4n) is 3.65. The van der Waals surface area contributed by atoms with Crippen LogP contribution in [0.3, 0.4) is 0 Å². The first kappa shape index (κ1) is 21.9. The van der Waals surface area contributed by atoms with Crippen LogP contribution in [0.25, 0.3) is 5.57 Å². The number of anilines is 1. The lowest BCUT2D eigenvalue weighted by atomic mass is 9.95. The number of hydrogen-bond donors (Lipinski definition) is 1. The van der Waals surface area contributed by atoms with Crippen LogP contribution < -0.4 is 10.6 Å². The number of aliphatic hydroxyl groups excluding tert-OH is 1. The zero-order chi connectivity index (χ0) is 22.3. The third-order valence-corrected chi connectivity index (χ3v) is 7.78.